The first-order valence-corrected chi connectivity index (χ1v) is 6.77. The van der Waals surface area contributed by atoms with E-state index in [4.69, 9.17) is 4.74 Å². The van der Waals surface area contributed by atoms with E-state index < -0.39 is 17.8 Å². The third-order valence-electron chi connectivity index (χ3n) is 3.58. The molecular weight excluding hydrogens is 272 g/mol. The number of allylic oxidation sites excluding steroid dienone is 2. The summed E-state index contributed by atoms with van der Waals surface area (Å²) in [6, 6.07) is 3.56. The van der Waals surface area contributed by atoms with Gasteiger partial charge >= 0.3 is 5.97 Å². The molecule has 2 rings (SSSR count). The Hall–Kier alpha value is -2.37. The van der Waals surface area contributed by atoms with Crippen LogP contribution in [0.4, 0.5) is 0 Å². The Bertz CT molecular complexity index is 556. The van der Waals surface area contributed by atoms with E-state index in [-0.39, 0.29) is 12.5 Å². The number of ether oxygens (including phenoxy) is 1. The van der Waals surface area contributed by atoms with Crippen molar-refractivity contribution in [2.24, 2.45) is 11.8 Å². The van der Waals surface area contributed by atoms with Crippen LogP contribution in [0, 0.1) is 11.8 Å². The average Bonchev–Trinajstić information content (AvgIpc) is 2.52. The highest BCUT2D eigenvalue weighted by Gasteiger charge is 2.33. The lowest BCUT2D eigenvalue weighted by Gasteiger charge is -2.24. The zero-order valence-corrected chi connectivity index (χ0v) is 11.8. The number of aliphatic carboxylic acids is 1. The van der Waals surface area contributed by atoms with Crippen molar-refractivity contribution in [2.75, 3.05) is 7.11 Å². The Balaban J connectivity index is 2.01. The van der Waals surface area contributed by atoms with Gasteiger partial charge in [0.15, 0.2) is 0 Å². The number of nitrogens with one attached hydrogen (secondary N) is 1. The average molecular weight is 290 g/mol. The number of rotatable bonds is 5. The fourth-order valence-electron chi connectivity index (χ4n) is 2.43. The minimum atomic E-state index is -0.932. The maximum atomic E-state index is 12.2. The Kier molecular flexibility index (Phi) is 4.92. The fourth-order valence-corrected chi connectivity index (χ4v) is 2.43. The van der Waals surface area contributed by atoms with Gasteiger partial charge in [0, 0.05) is 18.3 Å². The molecule has 2 unspecified atom stereocenters. The number of carboxylic acid groups (broad SMARTS) is 1. The van der Waals surface area contributed by atoms with E-state index in [0.717, 1.165) is 5.56 Å². The summed E-state index contributed by atoms with van der Waals surface area (Å²) in [7, 11) is 1.51. The van der Waals surface area contributed by atoms with Crippen molar-refractivity contribution in [2.45, 2.75) is 19.4 Å². The van der Waals surface area contributed by atoms with Gasteiger partial charge in [0.05, 0.1) is 18.9 Å². The first-order chi connectivity index (χ1) is 10.1. The van der Waals surface area contributed by atoms with E-state index in [0.29, 0.717) is 18.7 Å². The van der Waals surface area contributed by atoms with Gasteiger partial charge in [-0.15, -0.1) is 0 Å². The second-order valence-electron chi connectivity index (χ2n) is 4.88. The van der Waals surface area contributed by atoms with Gasteiger partial charge in [-0.1, -0.05) is 18.2 Å². The maximum Gasteiger partial charge on any atom is 0.307 e. The summed E-state index contributed by atoms with van der Waals surface area (Å²) in [5.41, 5.74) is 0.756. The predicted octanol–water partition coefficient (Wildman–Crippen LogP) is 1.37. The van der Waals surface area contributed by atoms with Crippen LogP contribution in [-0.2, 0) is 16.1 Å². The quantitative estimate of drug-likeness (QED) is 0.800. The standard InChI is InChI=1S/C15H18N2O4/c1-21-14-10(5-4-8-16-14)9-17-13(18)11-6-2-3-7-12(11)15(19)20/h2-5,8,11-12H,6-7,9H2,1H3,(H,17,18)(H,19,20). The molecule has 1 aliphatic carbocycles. The number of amides is 1. The predicted molar refractivity (Wildman–Crippen MR) is 75.6 cm³/mol. The van der Waals surface area contributed by atoms with Gasteiger partial charge in [-0.05, 0) is 18.9 Å². The number of nitrogens with zero attached hydrogens (tertiary/aromatic N) is 1. The highest BCUT2D eigenvalue weighted by molar-refractivity contribution is 5.85. The van der Waals surface area contributed by atoms with E-state index in [1.165, 1.54) is 7.11 Å². The summed E-state index contributed by atoms with van der Waals surface area (Å²) in [6.45, 7) is 0.266. The van der Waals surface area contributed by atoms with Crippen LogP contribution in [0.15, 0.2) is 30.5 Å². The lowest BCUT2D eigenvalue weighted by atomic mass is 9.82. The molecule has 0 bridgehead atoms. The summed E-state index contributed by atoms with van der Waals surface area (Å²) >= 11 is 0. The monoisotopic (exact) mass is 290 g/mol. The van der Waals surface area contributed by atoms with E-state index in [2.05, 4.69) is 10.3 Å². The smallest absolute Gasteiger partial charge is 0.307 e. The molecule has 0 aliphatic heterocycles. The van der Waals surface area contributed by atoms with Crippen molar-refractivity contribution in [3.8, 4) is 5.88 Å². The van der Waals surface area contributed by atoms with Crippen LogP contribution in [0.25, 0.3) is 0 Å². The zero-order chi connectivity index (χ0) is 15.2. The van der Waals surface area contributed by atoms with E-state index in [1.807, 2.05) is 18.2 Å². The summed E-state index contributed by atoms with van der Waals surface area (Å²) in [5.74, 6) is -1.92. The Morgan fingerprint density at radius 3 is 2.76 bits per heavy atom. The number of carboxylic acids is 1. The van der Waals surface area contributed by atoms with Crippen molar-refractivity contribution in [1.29, 1.82) is 0 Å². The first-order valence-electron chi connectivity index (χ1n) is 6.77. The molecule has 0 fully saturated rings. The lowest BCUT2D eigenvalue weighted by Crippen LogP contribution is -2.38. The minimum Gasteiger partial charge on any atom is -0.481 e. The lowest BCUT2D eigenvalue weighted by molar-refractivity contribution is -0.147. The first kappa shape index (κ1) is 15.0. The van der Waals surface area contributed by atoms with Gasteiger partial charge in [-0.25, -0.2) is 4.98 Å². The molecule has 6 nitrogen and oxygen atoms in total. The number of hydrogen-bond acceptors (Lipinski definition) is 4. The van der Waals surface area contributed by atoms with Gasteiger partial charge < -0.3 is 15.2 Å². The van der Waals surface area contributed by atoms with Crippen LogP contribution in [0.3, 0.4) is 0 Å². The topological polar surface area (TPSA) is 88.5 Å². The minimum absolute atomic E-state index is 0.252. The molecule has 1 amide bonds. The molecule has 1 aliphatic rings. The molecule has 0 spiro atoms. The van der Waals surface area contributed by atoms with Crippen LogP contribution in [-0.4, -0.2) is 29.1 Å². The van der Waals surface area contributed by atoms with Gasteiger partial charge in [-0.3, -0.25) is 9.59 Å². The SMILES string of the molecule is COc1ncccc1CNC(=O)C1CC=CCC1C(=O)O. The number of carbonyl (C=O) groups is 2. The molecule has 0 saturated heterocycles. The Morgan fingerprint density at radius 1 is 1.38 bits per heavy atom. The van der Waals surface area contributed by atoms with Crippen LogP contribution >= 0.6 is 0 Å². The van der Waals surface area contributed by atoms with Crippen molar-refractivity contribution < 1.29 is 19.4 Å². The molecule has 1 aromatic rings. The van der Waals surface area contributed by atoms with Gasteiger partial charge in [0.2, 0.25) is 11.8 Å². The summed E-state index contributed by atoms with van der Waals surface area (Å²) in [6.07, 6.45) is 6.12. The Morgan fingerprint density at radius 2 is 2.10 bits per heavy atom. The fraction of sp³-hybridized carbons (Fsp3) is 0.400. The Labute approximate surface area is 122 Å². The van der Waals surface area contributed by atoms with Crippen LogP contribution in [0.2, 0.25) is 0 Å². The molecule has 21 heavy (non-hydrogen) atoms. The highest BCUT2D eigenvalue weighted by atomic mass is 16.5. The number of hydrogen-bond donors (Lipinski definition) is 2. The van der Waals surface area contributed by atoms with E-state index in [9.17, 15) is 14.7 Å². The molecule has 2 N–H and O–H groups in total. The van der Waals surface area contributed by atoms with Crippen LogP contribution < -0.4 is 10.1 Å². The summed E-state index contributed by atoms with van der Waals surface area (Å²) < 4.78 is 5.11. The molecule has 1 heterocycles. The van der Waals surface area contributed by atoms with Crippen molar-refractivity contribution in [3.05, 3.63) is 36.0 Å². The van der Waals surface area contributed by atoms with E-state index in [1.54, 1.807) is 12.3 Å². The van der Waals surface area contributed by atoms with Crippen molar-refractivity contribution in [1.82, 2.24) is 10.3 Å². The molecule has 2 atom stereocenters. The molecule has 0 saturated carbocycles. The van der Waals surface area contributed by atoms with E-state index >= 15 is 0 Å². The van der Waals surface area contributed by atoms with Gasteiger partial charge in [-0.2, -0.15) is 0 Å². The summed E-state index contributed by atoms with van der Waals surface area (Å²) in [4.78, 5) is 27.5. The second-order valence-corrected chi connectivity index (χ2v) is 4.88. The largest absolute Gasteiger partial charge is 0.481 e. The second kappa shape index (κ2) is 6.88. The molecule has 112 valence electrons. The van der Waals surface area contributed by atoms with Crippen molar-refractivity contribution in [3.63, 3.8) is 0 Å². The van der Waals surface area contributed by atoms with Crippen molar-refractivity contribution >= 4 is 11.9 Å². The number of carbonyl (C=O) groups excluding carboxylic acids is 1. The number of pyridine rings is 1. The molecule has 0 radical (unpaired) electrons. The van der Waals surface area contributed by atoms with Crippen LogP contribution in [0.1, 0.15) is 18.4 Å². The van der Waals surface area contributed by atoms with Gasteiger partial charge in [0.25, 0.3) is 0 Å². The highest BCUT2D eigenvalue weighted by Crippen LogP contribution is 2.26. The van der Waals surface area contributed by atoms with Crippen LogP contribution in [0.5, 0.6) is 5.88 Å². The maximum absolute atomic E-state index is 12.2. The normalized spacial score (nSPS) is 20.8. The third-order valence-corrected chi connectivity index (χ3v) is 3.58. The summed E-state index contributed by atoms with van der Waals surface area (Å²) in [5, 5.41) is 12.0. The number of methoxy groups -OCH3 is 1. The zero-order valence-electron chi connectivity index (χ0n) is 11.8. The van der Waals surface area contributed by atoms with Gasteiger partial charge in [0.1, 0.15) is 0 Å². The molecule has 0 aromatic carbocycles. The molecule has 6 heteroatoms. The molecular formula is C15H18N2O4. The third kappa shape index (κ3) is 3.59. The number of aromatic nitrogens is 1. The molecule has 1 aromatic heterocycles.